The van der Waals surface area contributed by atoms with Crippen molar-refractivity contribution in [1.82, 2.24) is 19.9 Å². The highest BCUT2D eigenvalue weighted by Crippen LogP contribution is 2.15. The summed E-state index contributed by atoms with van der Waals surface area (Å²) in [6, 6.07) is 10.4. The number of nitrogens with one attached hydrogen (secondary N) is 1. The molecule has 0 aliphatic carbocycles. The Morgan fingerprint density at radius 2 is 2.05 bits per heavy atom. The van der Waals surface area contributed by atoms with Crippen LogP contribution < -0.4 is 0 Å². The molecule has 1 aromatic carbocycles. The lowest BCUT2D eigenvalue weighted by atomic mass is 10.2. The minimum Gasteiger partial charge on any atom is -0.508 e. The number of aromatic amines is 1. The number of rotatable bonds is 3. The lowest BCUT2D eigenvalue weighted by molar-refractivity contribution is 0.475. The summed E-state index contributed by atoms with van der Waals surface area (Å²) < 4.78 is 1.92. The molecular formula is C14H11N5OS. The first-order valence-corrected chi connectivity index (χ1v) is 6.56. The van der Waals surface area contributed by atoms with Gasteiger partial charge < -0.3 is 5.11 Å². The molecule has 104 valence electrons. The van der Waals surface area contributed by atoms with Gasteiger partial charge in [-0.2, -0.15) is 14.9 Å². The van der Waals surface area contributed by atoms with Crippen molar-refractivity contribution in [2.45, 2.75) is 0 Å². The fourth-order valence-corrected chi connectivity index (χ4v) is 1.94. The summed E-state index contributed by atoms with van der Waals surface area (Å²) in [7, 11) is 0. The van der Waals surface area contributed by atoms with E-state index >= 15 is 0 Å². The molecule has 2 heterocycles. The lowest BCUT2D eigenvalue weighted by Crippen LogP contribution is -1.95. The summed E-state index contributed by atoms with van der Waals surface area (Å²) in [6.07, 6.45) is 5.02. The second-order valence-corrected chi connectivity index (χ2v) is 4.63. The zero-order valence-corrected chi connectivity index (χ0v) is 11.7. The molecule has 2 N–H and O–H groups in total. The van der Waals surface area contributed by atoms with Crippen LogP contribution in [-0.4, -0.2) is 31.2 Å². The smallest absolute Gasteiger partial charge is 0.216 e. The number of aromatic nitrogens is 4. The maximum atomic E-state index is 9.26. The Labute approximate surface area is 125 Å². The Morgan fingerprint density at radius 3 is 2.76 bits per heavy atom. The van der Waals surface area contributed by atoms with E-state index in [-0.39, 0.29) is 5.75 Å². The molecule has 0 saturated heterocycles. The highest BCUT2D eigenvalue weighted by Gasteiger charge is 2.07. The molecule has 0 saturated carbocycles. The van der Waals surface area contributed by atoms with Crippen molar-refractivity contribution in [2.75, 3.05) is 0 Å². The highest BCUT2D eigenvalue weighted by atomic mass is 32.1. The van der Waals surface area contributed by atoms with E-state index in [0.29, 0.717) is 10.6 Å². The molecule has 6 nitrogen and oxygen atoms in total. The van der Waals surface area contributed by atoms with E-state index in [0.717, 1.165) is 11.1 Å². The van der Waals surface area contributed by atoms with Gasteiger partial charge in [0.05, 0.1) is 6.21 Å². The summed E-state index contributed by atoms with van der Waals surface area (Å²) in [6.45, 7) is 0. The molecule has 0 unspecified atom stereocenters. The summed E-state index contributed by atoms with van der Waals surface area (Å²) in [5.41, 5.74) is 1.65. The van der Waals surface area contributed by atoms with Gasteiger partial charge in [-0.15, -0.1) is 0 Å². The van der Waals surface area contributed by atoms with Gasteiger partial charge in [0, 0.05) is 18.0 Å². The van der Waals surface area contributed by atoms with Crippen LogP contribution in [0, 0.1) is 4.77 Å². The van der Waals surface area contributed by atoms with Crippen LogP contribution in [0.4, 0.5) is 0 Å². The van der Waals surface area contributed by atoms with Crippen LogP contribution >= 0.6 is 12.2 Å². The van der Waals surface area contributed by atoms with Gasteiger partial charge in [0.2, 0.25) is 4.77 Å². The predicted molar refractivity (Wildman–Crippen MR) is 81.7 cm³/mol. The van der Waals surface area contributed by atoms with E-state index in [4.69, 9.17) is 12.2 Å². The third-order valence-electron chi connectivity index (χ3n) is 2.79. The second-order valence-electron chi connectivity index (χ2n) is 4.24. The molecule has 2 aromatic heterocycles. The average molecular weight is 297 g/mol. The number of phenolic OH excluding ortho intramolecular Hbond substituents is 1. The average Bonchev–Trinajstić information content (AvgIpc) is 2.89. The van der Waals surface area contributed by atoms with E-state index in [9.17, 15) is 5.11 Å². The zero-order valence-electron chi connectivity index (χ0n) is 10.8. The standard InChI is InChI=1S/C14H11N5OS/c20-12-5-3-10(4-6-12)8-16-19-13(17-18-14(19)21)11-2-1-7-15-9-11/h1-9,20H,(H,18,21). The van der Waals surface area contributed by atoms with E-state index < -0.39 is 0 Å². The van der Waals surface area contributed by atoms with Crippen molar-refractivity contribution < 1.29 is 5.11 Å². The van der Waals surface area contributed by atoms with Crippen LogP contribution in [0.3, 0.4) is 0 Å². The van der Waals surface area contributed by atoms with Crippen LogP contribution in [0.2, 0.25) is 0 Å². The fourth-order valence-electron chi connectivity index (χ4n) is 1.77. The molecule has 0 fully saturated rings. The van der Waals surface area contributed by atoms with E-state index in [2.05, 4.69) is 20.3 Å². The Morgan fingerprint density at radius 1 is 1.24 bits per heavy atom. The zero-order chi connectivity index (χ0) is 14.7. The summed E-state index contributed by atoms with van der Waals surface area (Å²) in [5, 5.41) is 20.5. The topological polar surface area (TPSA) is 79.1 Å². The largest absolute Gasteiger partial charge is 0.508 e. The van der Waals surface area contributed by atoms with Crippen molar-refractivity contribution in [3.63, 3.8) is 0 Å². The van der Waals surface area contributed by atoms with Crippen molar-refractivity contribution >= 4 is 18.4 Å². The van der Waals surface area contributed by atoms with Gasteiger partial charge in [-0.25, -0.2) is 5.10 Å². The van der Waals surface area contributed by atoms with Gasteiger partial charge in [-0.05, 0) is 54.2 Å². The third kappa shape index (κ3) is 2.87. The van der Waals surface area contributed by atoms with E-state index in [1.807, 2.05) is 12.1 Å². The number of pyridine rings is 1. The molecular weight excluding hydrogens is 286 g/mol. The molecule has 3 rings (SSSR count). The molecule has 7 heteroatoms. The molecule has 3 aromatic rings. The number of hydrogen-bond acceptors (Lipinski definition) is 5. The van der Waals surface area contributed by atoms with Gasteiger partial charge in [0.15, 0.2) is 5.82 Å². The minimum absolute atomic E-state index is 0.211. The molecule has 21 heavy (non-hydrogen) atoms. The number of aromatic hydroxyl groups is 1. The van der Waals surface area contributed by atoms with E-state index in [1.165, 1.54) is 4.68 Å². The SMILES string of the molecule is Oc1ccc(C=Nn2c(-c3cccnc3)n[nH]c2=S)cc1. The molecule has 0 amide bonds. The number of benzene rings is 1. The van der Waals surface area contributed by atoms with Gasteiger partial charge >= 0.3 is 0 Å². The fraction of sp³-hybridized carbons (Fsp3) is 0. The van der Waals surface area contributed by atoms with Crippen LogP contribution in [-0.2, 0) is 0 Å². The van der Waals surface area contributed by atoms with Crippen LogP contribution in [0.5, 0.6) is 5.75 Å². The second kappa shape index (κ2) is 5.68. The molecule has 0 aliphatic rings. The van der Waals surface area contributed by atoms with Crippen molar-refractivity contribution in [1.29, 1.82) is 0 Å². The van der Waals surface area contributed by atoms with Crippen LogP contribution in [0.25, 0.3) is 11.4 Å². The molecule has 0 spiro atoms. The summed E-state index contributed by atoms with van der Waals surface area (Å²) >= 11 is 5.18. The first-order valence-electron chi connectivity index (χ1n) is 6.15. The van der Waals surface area contributed by atoms with Crippen LogP contribution in [0.1, 0.15) is 5.56 Å². The Balaban J connectivity index is 1.98. The molecule has 0 radical (unpaired) electrons. The normalized spacial score (nSPS) is 11.0. The molecule has 0 atom stereocenters. The summed E-state index contributed by atoms with van der Waals surface area (Å²) in [4.78, 5) is 4.06. The third-order valence-corrected chi connectivity index (χ3v) is 3.05. The maximum absolute atomic E-state index is 9.26. The van der Waals surface area contributed by atoms with Gasteiger partial charge in [0.25, 0.3) is 0 Å². The minimum atomic E-state index is 0.211. The Kier molecular flexibility index (Phi) is 3.57. The monoisotopic (exact) mass is 297 g/mol. The lowest BCUT2D eigenvalue weighted by Gasteiger charge is -2.00. The Bertz CT molecular complexity index is 821. The molecule has 0 aliphatic heterocycles. The number of hydrogen-bond donors (Lipinski definition) is 2. The number of nitrogens with zero attached hydrogens (tertiary/aromatic N) is 4. The predicted octanol–water partition coefficient (Wildman–Crippen LogP) is 2.59. The Hall–Kier alpha value is -2.80. The first kappa shape index (κ1) is 13.2. The number of phenols is 1. The van der Waals surface area contributed by atoms with Crippen molar-refractivity contribution in [3.8, 4) is 17.1 Å². The van der Waals surface area contributed by atoms with E-state index in [1.54, 1.807) is 42.9 Å². The molecule has 0 bridgehead atoms. The van der Waals surface area contributed by atoms with Gasteiger partial charge in [0.1, 0.15) is 5.75 Å². The maximum Gasteiger partial charge on any atom is 0.216 e. The van der Waals surface area contributed by atoms with Gasteiger partial charge in [-0.3, -0.25) is 4.98 Å². The van der Waals surface area contributed by atoms with Crippen molar-refractivity contribution in [2.24, 2.45) is 5.10 Å². The first-order chi connectivity index (χ1) is 10.2. The van der Waals surface area contributed by atoms with Crippen LogP contribution in [0.15, 0.2) is 53.9 Å². The number of H-pyrrole nitrogens is 1. The van der Waals surface area contributed by atoms with Crippen molar-refractivity contribution in [3.05, 3.63) is 59.1 Å². The quantitative estimate of drug-likeness (QED) is 0.575. The highest BCUT2D eigenvalue weighted by molar-refractivity contribution is 7.71. The van der Waals surface area contributed by atoms with Gasteiger partial charge in [-0.1, -0.05) is 0 Å². The summed E-state index contributed by atoms with van der Waals surface area (Å²) in [5.74, 6) is 0.797.